The maximum Gasteiger partial charge on any atom is 0.278 e. The van der Waals surface area contributed by atoms with Crippen LogP contribution in [0, 0.1) is 0 Å². The van der Waals surface area contributed by atoms with E-state index in [1.807, 2.05) is 24.3 Å². The largest absolute Gasteiger partial charge is 0.482 e. The Hall–Kier alpha value is -2.65. The van der Waals surface area contributed by atoms with Gasteiger partial charge in [0.15, 0.2) is 11.8 Å². The fraction of sp³-hybridized carbons (Fsp3) is 0.240. The van der Waals surface area contributed by atoms with E-state index in [9.17, 15) is 9.59 Å². The first-order chi connectivity index (χ1) is 17.3. The van der Waals surface area contributed by atoms with Gasteiger partial charge in [0.25, 0.3) is 11.8 Å². The molecule has 3 rings (SSSR count). The van der Waals surface area contributed by atoms with Gasteiger partial charge in [-0.15, -0.1) is 11.7 Å². The fourth-order valence-corrected chi connectivity index (χ4v) is 4.84. The molecule has 2 amide bonds. The number of amidine groups is 1. The highest BCUT2D eigenvalue weighted by atomic mass is 35.5. The molecule has 0 unspecified atom stereocenters. The van der Waals surface area contributed by atoms with Crippen molar-refractivity contribution >= 4 is 75.3 Å². The SMILES string of the molecule is C=CCN1C(=O)/C(=C/c2ccc(N(CC)CC)cc2)S/C1=N/NC(=O)COc1cc(Cl)c(Cl)cc1Cl. The molecule has 11 heteroatoms. The zero-order chi connectivity index (χ0) is 26.2. The number of hydrogen-bond acceptors (Lipinski definition) is 6. The predicted octanol–water partition coefficient (Wildman–Crippen LogP) is 6.06. The molecule has 36 heavy (non-hydrogen) atoms. The second-order valence-corrected chi connectivity index (χ2v) is 9.72. The van der Waals surface area contributed by atoms with Gasteiger partial charge >= 0.3 is 0 Å². The third-order valence-corrected chi connectivity index (χ3v) is 7.15. The van der Waals surface area contributed by atoms with Crippen LogP contribution < -0.4 is 15.1 Å². The van der Waals surface area contributed by atoms with E-state index in [-0.39, 0.29) is 39.9 Å². The first kappa shape index (κ1) is 27.9. The second kappa shape index (κ2) is 13.1. The molecule has 0 aliphatic carbocycles. The van der Waals surface area contributed by atoms with Crippen LogP contribution in [0.25, 0.3) is 6.08 Å². The molecule has 0 atom stereocenters. The monoisotopic (exact) mass is 566 g/mol. The molecule has 0 aromatic heterocycles. The number of anilines is 1. The van der Waals surface area contributed by atoms with Gasteiger partial charge in [0.05, 0.1) is 20.0 Å². The lowest BCUT2D eigenvalue weighted by molar-refractivity contribution is -0.123. The number of hydrazone groups is 1. The van der Waals surface area contributed by atoms with Crippen molar-refractivity contribution in [3.63, 3.8) is 0 Å². The van der Waals surface area contributed by atoms with Crippen molar-refractivity contribution < 1.29 is 14.3 Å². The first-order valence-corrected chi connectivity index (χ1v) is 13.0. The number of carbonyl (C=O) groups is 2. The summed E-state index contributed by atoms with van der Waals surface area (Å²) in [6.45, 7) is 9.63. The average molecular weight is 568 g/mol. The molecule has 0 bridgehead atoms. The normalized spacial score (nSPS) is 15.5. The highest BCUT2D eigenvalue weighted by molar-refractivity contribution is 8.18. The minimum Gasteiger partial charge on any atom is -0.482 e. The summed E-state index contributed by atoms with van der Waals surface area (Å²) in [6.07, 6.45) is 3.39. The molecular weight excluding hydrogens is 543 g/mol. The summed E-state index contributed by atoms with van der Waals surface area (Å²) in [5.41, 5.74) is 4.41. The standard InChI is InChI=1S/C25H25Cl3N4O3S/c1-4-11-32-24(34)22(12-16-7-9-17(10-8-16)31(5-2)6-3)36-25(32)30-29-23(33)15-35-21-14-19(27)18(26)13-20(21)28/h4,7-10,12-14H,1,5-6,11,15H2,2-3H3,(H,29,33)/b22-12-,30-25+. The number of benzene rings is 2. The number of halogens is 3. The lowest BCUT2D eigenvalue weighted by Gasteiger charge is -2.20. The smallest absolute Gasteiger partial charge is 0.278 e. The molecule has 0 radical (unpaired) electrons. The Morgan fingerprint density at radius 2 is 1.81 bits per heavy atom. The molecule has 1 N–H and O–H groups in total. The van der Waals surface area contributed by atoms with Crippen molar-refractivity contribution in [1.29, 1.82) is 0 Å². The maximum absolute atomic E-state index is 13.0. The van der Waals surface area contributed by atoms with Gasteiger partial charge in [-0.25, -0.2) is 5.43 Å². The zero-order valence-corrected chi connectivity index (χ0v) is 22.8. The van der Waals surface area contributed by atoms with Crippen molar-refractivity contribution in [2.45, 2.75) is 13.8 Å². The van der Waals surface area contributed by atoms with Gasteiger partial charge < -0.3 is 9.64 Å². The van der Waals surface area contributed by atoms with Crippen molar-refractivity contribution in [2.75, 3.05) is 31.1 Å². The summed E-state index contributed by atoms with van der Waals surface area (Å²) < 4.78 is 5.41. The summed E-state index contributed by atoms with van der Waals surface area (Å²) >= 11 is 19.1. The van der Waals surface area contributed by atoms with Crippen LogP contribution in [0.4, 0.5) is 5.69 Å². The van der Waals surface area contributed by atoms with Crippen LogP contribution in [0.2, 0.25) is 15.1 Å². The molecule has 1 aliphatic rings. The zero-order valence-electron chi connectivity index (χ0n) is 19.8. The number of rotatable bonds is 10. The summed E-state index contributed by atoms with van der Waals surface area (Å²) in [7, 11) is 0. The van der Waals surface area contributed by atoms with E-state index in [0.717, 1.165) is 36.1 Å². The van der Waals surface area contributed by atoms with E-state index in [1.54, 1.807) is 12.2 Å². The molecule has 1 saturated heterocycles. The van der Waals surface area contributed by atoms with Gasteiger partial charge in [-0.3, -0.25) is 14.5 Å². The first-order valence-electron chi connectivity index (χ1n) is 11.1. The maximum atomic E-state index is 13.0. The molecule has 190 valence electrons. The molecule has 0 spiro atoms. The number of hydrogen-bond donors (Lipinski definition) is 1. The van der Waals surface area contributed by atoms with Crippen LogP contribution in [0.15, 0.2) is 59.1 Å². The number of ether oxygens (including phenoxy) is 1. The lowest BCUT2D eigenvalue weighted by Crippen LogP contribution is -2.32. The minimum absolute atomic E-state index is 0.213. The molecule has 7 nitrogen and oxygen atoms in total. The molecule has 1 heterocycles. The van der Waals surface area contributed by atoms with Crippen LogP contribution in [-0.2, 0) is 9.59 Å². The minimum atomic E-state index is -0.541. The Morgan fingerprint density at radius 1 is 1.14 bits per heavy atom. The molecule has 1 fully saturated rings. The summed E-state index contributed by atoms with van der Waals surface area (Å²) in [5, 5.41) is 5.19. The fourth-order valence-electron chi connectivity index (χ4n) is 3.30. The third-order valence-electron chi connectivity index (χ3n) is 5.13. The van der Waals surface area contributed by atoms with Gasteiger partial charge in [0, 0.05) is 31.4 Å². The van der Waals surface area contributed by atoms with E-state index >= 15 is 0 Å². The predicted molar refractivity (Wildman–Crippen MR) is 150 cm³/mol. The number of carbonyl (C=O) groups excluding carboxylic acids is 2. The average Bonchev–Trinajstić information content (AvgIpc) is 3.15. The number of amides is 2. The Bertz CT molecular complexity index is 1200. The number of nitrogens with zero attached hydrogens (tertiary/aromatic N) is 3. The van der Waals surface area contributed by atoms with Gasteiger partial charge in [-0.1, -0.05) is 53.0 Å². The lowest BCUT2D eigenvalue weighted by atomic mass is 10.1. The quantitative estimate of drug-likeness (QED) is 0.163. The van der Waals surface area contributed by atoms with Crippen LogP contribution in [0.1, 0.15) is 19.4 Å². The highest BCUT2D eigenvalue weighted by Crippen LogP contribution is 2.34. The Balaban J connectivity index is 1.69. The molecule has 2 aromatic carbocycles. The van der Waals surface area contributed by atoms with Crippen LogP contribution in [0.3, 0.4) is 0 Å². The van der Waals surface area contributed by atoms with E-state index in [2.05, 4.69) is 35.9 Å². The molecule has 0 saturated carbocycles. The van der Waals surface area contributed by atoms with Crippen molar-refractivity contribution in [3.05, 3.63) is 74.6 Å². The molecule has 2 aromatic rings. The second-order valence-electron chi connectivity index (χ2n) is 7.49. The van der Waals surface area contributed by atoms with Crippen molar-refractivity contribution in [3.8, 4) is 5.75 Å². The summed E-state index contributed by atoms with van der Waals surface area (Å²) in [5.74, 6) is -0.551. The van der Waals surface area contributed by atoms with E-state index < -0.39 is 5.91 Å². The third kappa shape index (κ3) is 6.97. The van der Waals surface area contributed by atoms with E-state index in [4.69, 9.17) is 39.5 Å². The van der Waals surface area contributed by atoms with Crippen LogP contribution >= 0.6 is 46.6 Å². The van der Waals surface area contributed by atoms with Gasteiger partial charge in [0.2, 0.25) is 0 Å². The van der Waals surface area contributed by atoms with Gasteiger partial charge in [-0.05, 0) is 55.4 Å². The Labute approximate surface area is 229 Å². The Kier molecular flexibility index (Phi) is 10.1. The number of thioether (sulfide) groups is 1. The van der Waals surface area contributed by atoms with Crippen molar-refractivity contribution in [2.24, 2.45) is 5.10 Å². The van der Waals surface area contributed by atoms with Crippen LogP contribution in [0.5, 0.6) is 5.75 Å². The van der Waals surface area contributed by atoms with Crippen LogP contribution in [-0.4, -0.2) is 48.1 Å². The van der Waals surface area contributed by atoms with Crippen molar-refractivity contribution in [1.82, 2.24) is 10.3 Å². The number of nitrogens with one attached hydrogen (secondary N) is 1. The molecule has 1 aliphatic heterocycles. The highest BCUT2D eigenvalue weighted by Gasteiger charge is 2.33. The van der Waals surface area contributed by atoms with E-state index in [1.165, 1.54) is 17.0 Å². The molecular formula is C25H25Cl3N4O3S. The summed E-state index contributed by atoms with van der Waals surface area (Å²) in [4.78, 5) is 29.4. The summed E-state index contributed by atoms with van der Waals surface area (Å²) in [6, 6.07) is 10.8. The van der Waals surface area contributed by atoms with Gasteiger partial charge in [0.1, 0.15) is 5.75 Å². The van der Waals surface area contributed by atoms with E-state index in [0.29, 0.717) is 10.1 Å². The van der Waals surface area contributed by atoms with Gasteiger partial charge in [-0.2, -0.15) is 0 Å². The topological polar surface area (TPSA) is 74.2 Å². The Morgan fingerprint density at radius 3 is 2.44 bits per heavy atom.